The quantitative estimate of drug-likeness (QED) is 0.753. The van der Waals surface area contributed by atoms with Crippen molar-refractivity contribution in [2.24, 2.45) is 5.73 Å². The lowest BCUT2D eigenvalue weighted by Gasteiger charge is -2.36. The molecule has 0 saturated carbocycles. The molecule has 2 fully saturated rings. The first-order valence-corrected chi connectivity index (χ1v) is 9.78. The van der Waals surface area contributed by atoms with Crippen LogP contribution in [0.5, 0.6) is 0 Å². The Hall–Kier alpha value is -3.33. The molecule has 8 nitrogen and oxygen atoms in total. The Kier molecular flexibility index (Phi) is 5.71. The topological polar surface area (TPSA) is 92.3 Å². The number of piperazine rings is 1. The number of carbonyl (C=O) groups excluding carboxylic acids is 2. The van der Waals surface area contributed by atoms with Gasteiger partial charge >= 0.3 is 6.09 Å². The van der Waals surface area contributed by atoms with Crippen LogP contribution in [-0.2, 0) is 9.53 Å². The lowest BCUT2D eigenvalue weighted by atomic mass is 10.2. The van der Waals surface area contributed by atoms with E-state index in [0.717, 1.165) is 0 Å². The highest BCUT2D eigenvalue weighted by atomic mass is 19.1. The summed E-state index contributed by atoms with van der Waals surface area (Å²) in [6, 6.07) is 8.21. The van der Waals surface area contributed by atoms with Crippen molar-refractivity contribution in [1.29, 1.82) is 0 Å². The maximum Gasteiger partial charge on any atom is 0.414 e. The summed E-state index contributed by atoms with van der Waals surface area (Å²) >= 11 is 0. The molecule has 2 N–H and O–H groups in total. The molecule has 0 bridgehead atoms. The number of anilines is 2. The Bertz CT molecular complexity index is 938. The Labute approximate surface area is 173 Å². The highest BCUT2D eigenvalue weighted by molar-refractivity contribution is 5.92. The molecule has 0 aliphatic carbocycles. The number of halogens is 1. The van der Waals surface area contributed by atoms with Gasteiger partial charge in [-0.25, -0.2) is 9.18 Å². The molecular weight excluding hydrogens is 391 g/mol. The van der Waals surface area contributed by atoms with Crippen molar-refractivity contribution >= 4 is 29.5 Å². The van der Waals surface area contributed by atoms with Crippen molar-refractivity contribution in [3.8, 4) is 0 Å². The van der Waals surface area contributed by atoms with Crippen molar-refractivity contribution in [2.75, 3.05) is 49.1 Å². The van der Waals surface area contributed by atoms with Crippen LogP contribution in [0.3, 0.4) is 0 Å². The largest absolute Gasteiger partial charge is 0.465 e. The van der Waals surface area contributed by atoms with Gasteiger partial charge in [-0.15, -0.1) is 0 Å². The van der Waals surface area contributed by atoms with Gasteiger partial charge in [-0.1, -0.05) is 0 Å². The third-order valence-electron chi connectivity index (χ3n) is 5.25. The molecule has 2 aliphatic rings. The third kappa shape index (κ3) is 4.16. The number of cyclic esters (lactones) is 1. The van der Waals surface area contributed by atoms with Crippen LogP contribution in [0.4, 0.5) is 20.6 Å². The minimum Gasteiger partial charge on any atom is -0.465 e. The zero-order chi connectivity index (χ0) is 21.1. The Balaban J connectivity index is 1.36. The molecule has 2 saturated heterocycles. The Morgan fingerprint density at radius 3 is 2.67 bits per heavy atom. The van der Waals surface area contributed by atoms with Gasteiger partial charge in [0, 0.05) is 38.8 Å². The van der Waals surface area contributed by atoms with Crippen molar-refractivity contribution in [2.45, 2.75) is 6.10 Å². The number of hydrogen-bond donors (Lipinski definition) is 1. The lowest BCUT2D eigenvalue weighted by Crippen LogP contribution is -2.48. The van der Waals surface area contributed by atoms with Crippen molar-refractivity contribution in [3.05, 3.63) is 54.2 Å². The number of ether oxygens (including phenoxy) is 1. The number of nitrogens with zero attached hydrogens (tertiary/aromatic N) is 3. The molecule has 1 aromatic carbocycles. The lowest BCUT2D eigenvalue weighted by molar-refractivity contribution is -0.126. The van der Waals surface area contributed by atoms with E-state index in [2.05, 4.69) is 0 Å². The highest BCUT2D eigenvalue weighted by Gasteiger charge is 2.32. The molecule has 30 heavy (non-hydrogen) atoms. The third-order valence-corrected chi connectivity index (χ3v) is 5.25. The monoisotopic (exact) mass is 414 g/mol. The fourth-order valence-electron chi connectivity index (χ4n) is 3.59. The molecule has 3 heterocycles. The van der Waals surface area contributed by atoms with E-state index in [1.165, 1.54) is 17.0 Å². The predicted octanol–water partition coefficient (Wildman–Crippen LogP) is 2.06. The first kappa shape index (κ1) is 20.0. The summed E-state index contributed by atoms with van der Waals surface area (Å²) in [5.41, 5.74) is 6.43. The summed E-state index contributed by atoms with van der Waals surface area (Å²) in [5.74, 6) is 0.0849. The number of nitrogens with two attached hydrogens (primary N) is 1. The fraction of sp³-hybridized carbons (Fsp3) is 0.333. The first-order valence-electron chi connectivity index (χ1n) is 9.78. The van der Waals surface area contributed by atoms with Crippen LogP contribution in [0.25, 0.3) is 6.08 Å². The second kappa shape index (κ2) is 8.58. The molecule has 0 radical (unpaired) electrons. The second-order valence-corrected chi connectivity index (χ2v) is 7.15. The SMILES string of the molecule is NC[C@H]1CN(c2ccc(N3CCN(C(=O)/C=C/c4ccco4)CC3)c(F)c2)C(=O)O1. The molecule has 0 unspecified atom stereocenters. The van der Waals surface area contributed by atoms with Crippen LogP contribution in [0.15, 0.2) is 47.1 Å². The maximum atomic E-state index is 14.8. The Morgan fingerprint density at radius 1 is 1.23 bits per heavy atom. The van der Waals surface area contributed by atoms with E-state index in [4.69, 9.17) is 14.9 Å². The van der Waals surface area contributed by atoms with Gasteiger partial charge in [0.05, 0.1) is 24.2 Å². The van der Waals surface area contributed by atoms with E-state index in [1.54, 1.807) is 41.5 Å². The van der Waals surface area contributed by atoms with Crippen LogP contribution in [-0.4, -0.2) is 62.3 Å². The van der Waals surface area contributed by atoms with Gasteiger partial charge in [0.15, 0.2) is 0 Å². The molecule has 2 aliphatic heterocycles. The van der Waals surface area contributed by atoms with Gasteiger partial charge in [-0.2, -0.15) is 0 Å². The molecular formula is C21H23FN4O4. The standard InChI is InChI=1S/C21H23FN4O4/c22-18-12-15(26-14-17(13-23)30-21(26)28)3-5-19(18)24-7-9-25(10-8-24)20(27)6-4-16-2-1-11-29-16/h1-6,11-12,17H,7-10,13-14,23H2/b6-4+/t17-/m0/s1. The molecule has 1 aromatic heterocycles. The number of furan rings is 1. The average molecular weight is 414 g/mol. The van der Waals surface area contributed by atoms with Crippen LogP contribution >= 0.6 is 0 Å². The summed E-state index contributed by atoms with van der Waals surface area (Å²) in [7, 11) is 0. The molecule has 4 rings (SSSR count). The van der Waals surface area contributed by atoms with Crippen LogP contribution in [0.1, 0.15) is 5.76 Å². The van der Waals surface area contributed by atoms with Gasteiger partial charge in [-0.3, -0.25) is 9.69 Å². The molecule has 0 spiro atoms. The maximum absolute atomic E-state index is 14.8. The summed E-state index contributed by atoms with van der Waals surface area (Å²) in [6.07, 6.45) is 3.76. The first-order chi connectivity index (χ1) is 14.5. The van der Waals surface area contributed by atoms with Crippen molar-refractivity contribution in [3.63, 3.8) is 0 Å². The molecule has 2 aromatic rings. The average Bonchev–Trinajstić information content (AvgIpc) is 3.41. The van der Waals surface area contributed by atoms with Gasteiger partial charge in [0.25, 0.3) is 0 Å². The zero-order valence-electron chi connectivity index (χ0n) is 16.4. The van der Waals surface area contributed by atoms with Gasteiger partial charge in [-0.05, 0) is 36.4 Å². The molecule has 1 atom stereocenters. The van der Waals surface area contributed by atoms with Crippen molar-refractivity contribution < 1.29 is 23.1 Å². The molecule has 2 amide bonds. The highest BCUT2D eigenvalue weighted by Crippen LogP contribution is 2.28. The smallest absolute Gasteiger partial charge is 0.414 e. The van der Waals surface area contributed by atoms with Crippen LogP contribution in [0, 0.1) is 5.82 Å². The van der Waals surface area contributed by atoms with E-state index < -0.39 is 11.9 Å². The number of carbonyl (C=O) groups is 2. The van der Waals surface area contributed by atoms with E-state index in [0.29, 0.717) is 49.9 Å². The van der Waals surface area contributed by atoms with Gasteiger partial charge < -0.3 is 24.7 Å². The second-order valence-electron chi connectivity index (χ2n) is 7.15. The summed E-state index contributed by atoms with van der Waals surface area (Å²) in [6.45, 7) is 2.52. The number of hydrogen-bond acceptors (Lipinski definition) is 6. The Morgan fingerprint density at radius 2 is 2.03 bits per heavy atom. The van der Waals surface area contributed by atoms with Crippen LogP contribution in [0.2, 0.25) is 0 Å². The van der Waals surface area contributed by atoms with Gasteiger partial charge in [0.2, 0.25) is 5.91 Å². The number of benzene rings is 1. The van der Waals surface area contributed by atoms with Gasteiger partial charge in [0.1, 0.15) is 17.7 Å². The van der Waals surface area contributed by atoms with Crippen LogP contribution < -0.4 is 15.5 Å². The van der Waals surface area contributed by atoms with E-state index in [-0.39, 0.29) is 18.6 Å². The summed E-state index contributed by atoms with van der Waals surface area (Å²) in [5, 5.41) is 0. The van der Waals surface area contributed by atoms with Crippen molar-refractivity contribution in [1.82, 2.24) is 4.90 Å². The van der Waals surface area contributed by atoms with E-state index in [1.807, 2.05) is 4.90 Å². The van der Waals surface area contributed by atoms with E-state index >= 15 is 0 Å². The molecule has 9 heteroatoms. The molecule has 158 valence electrons. The summed E-state index contributed by atoms with van der Waals surface area (Å²) < 4.78 is 25.1. The zero-order valence-corrected chi connectivity index (χ0v) is 16.4. The number of rotatable bonds is 5. The minimum absolute atomic E-state index is 0.108. The summed E-state index contributed by atoms with van der Waals surface area (Å²) in [4.78, 5) is 29.3. The van der Waals surface area contributed by atoms with E-state index in [9.17, 15) is 14.0 Å². The predicted molar refractivity (Wildman–Crippen MR) is 110 cm³/mol. The number of amides is 2. The fourth-order valence-corrected chi connectivity index (χ4v) is 3.59. The normalized spacial score (nSPS) is 19.6. The minimum atomic E-state index is -0.521.